The van der Waals surface area contributed by atoms with Crippen LogP contribution < -0.4 is 5.32 Å². The molecular weight excluding hydrogens is 245 g/mol. The molecule has 0 aromatic heterocycles. The van der Waals surface area contributed by atoms with E-state index in [4.69, 9.17) is 0 Å². The normalized spacial score (nSPS) is 23.1. The Morgan fingerprint density at radius 1 is 1.37 bits per heavy atom. The van der Waals surface area contributed by atoms with Gasteiger partial charge in [0.25, 0.3) is 5.91 Å². The van der Waals surface area contributed by atoms with E-state index < -0.39 is 11.7 Å². The second kappa shape index (κ2) is 6.04. The predicted octanol–water partition coefficient (Wildman–Crippen LogP) is 3.09. The van der Waals surface area contributed by atoms with Gasteiger partial charge in [0.1, 0.15) is 17.1 Å². The molecular formula is C15H20FNO2. The van der Waals surface area contributed by atoms with Crippen molar-refractivity contribution in [3.05, 3.63) is 29.6 Å². The molecule has 1 aliphatic carbocycles. The minimum absolute atomic E-state index is 0.258. The third kappa shape index (κ3) is 3.46. The number of hydrogen-bond donors (Lipinski definition) is 2. The van der Waals surface area contributed by atoms with Gasteiger partial charge in [0.05, 0.1) is 0 Å². The van der Waals surface area contributed by atoms with Crippen LogP contribution in [0, 0.1) is 17.7 Å². The molecule has 0 heterocycles. The molecule has 104 valence electrons. The minimum Gasteiger partial charge on any atom is -0.507 e. The van der Waals surface area contributed by atoms with Crippen LogP contribution in [0.2, 0.25) is 0 Å². The molecule has 2 N–H and O–H groups in total. The lowest BCUT2D eigenvalue weighted by Gasteiger charge is -2.26. The van der Waals surface area contributed by atoms with Gasteiger partial charge in [0.15, 0.2) is 0 Å². The van der Waals surface area contributed by atoms with Crippen LogP contribution in [0.4, 0.5) is 4.39 Å². The minimum atomic E-state index is -0.685. The van der Waals surface area contributed by atoms with Gasteiger partial charge in [-0.3, -0.25) is 4.79 Å². The Morgan fingerprint density at radius 3 is 2.68 bits per heavy atom. The SMILES string of the molecule is CC1CCC(CNC(=O)c2c(O)cccc2F)CC1. The van der Waals surface area contributed by atoms with Crippen LogP contribution in [0.1, 0.15) is 43.0 Å². The quantitative estimate of drug-likeness (QED) is 0.882. The zero-order valence-electron chi connectivity index (χ0n) is 11.2. The zero-order chi connectivity index (χ0) is 13.8. The Bertz CT molecular complexity index is 433. The maximum absolute atomic E-state index is 13.5. The molecule has 2 rings (SSSR count). The lowest BCUT2D eigenvalue weighted by molar-refractivity contribution is 0.0935. The molecule has 0 unspecified atom stereocenters. The smallest absolute Gasteiger partial charge is 0.258 e. The summed E-state index contributed by atoms with van der Waals surface area (Å²) in [7, 11) is 0. The maximum atomic E-state index is 13.5. The number of nitrogens with one attached hydrogen (secondary N) is 1. The van der Waals surface area contributed by atoms with Crippen molar-refractivity contribution in [1.29, 1.82) is 0 Å². The van der Waals surface area contributed by atoms with E-state index in [0.29, 0.717) is 12.5 Å². The van der Waals surface area contributed by atoms with E-state index in [1.165, 1.54) is 31.0 Å². The fraction of sp³-hybridized carbons (Fsp3) is 0.533. The van der Waals surface area contributed by atoms with E-state index in [0.717, 1.165) is 18.8 Å². The molecule has 1 aromatic rings. The van der Waals surface area contributed by atoms with Crippen molar-refractivity contribution in [1.82, 2.24) is 5.32 Å². The highest BCUT2D eigenvalue weighted by Crippen LogP contribution is 2.28. The molecule has 1 saturated carbocycles. The first kappa shape index (κ1) is 13.8. The summed E-state index contributed by atoms with van der Waals surface area (Å²) in [5.41, 5.74) is -0.258. The Kier molecular flexibility index (Phi) is 4.40. The molecule has 1 amide bonds. The second-order valence-electron chi connectivity index (χ2n) is 5.47. The number of hydrogen-bond acceptors (Lipinski definition) is 2. The molecule has 0 saturated heterocycles. The van der Waals surface area contributed by atoms with E-state index in [9.17, 15) is 14.3 Å². The average molecular weight is 265 g/mol. The van der Waals surface area contributed by atoms with Crippen LogP contribution in [-0.2, 0) is 0 Å². The van der Waals surface area contributed by atoms with Crippen molar-refractivity contribution in [2.45, 2.75) is 32.6 Å². The summed E-state index contributed by atoms with van der Waals surface area (Å²) in [5, 5.41) is 12.3. The van der Waals surface area contributed by atoms with E-state index in [1.54, 1.807) is 0 Å². The first-order valence-corrected chi connectivity index (χ1v) is 6.83. The summed E-state index contributed by atoms with van der Waals surface area (Å²) in [6.45, 7) is 2.80. The van der Waals surface area contributed by atoms with E-state index in [1.807, 2.05) is 0 Å². The monoisotopic (exact) mass is 265 g/mol. The van der Waals surface area contributed by atoms with Crippen molar-refractivity contribution in [3.63, 3.8) is 0 Å². The molecule has 1 fully saturated rings. The van der Waals surface area contributed by atoms with E-state index in [-0.39, 0.29) is 11.3 Å². The van der Waals surface area contributed by atoms with Crippen LogP contribution in [0.3, 0.4) is 0 Å². The van der Waals surface area contributed by atoms with Crippen molar-refractivity contribution in [2.75, 3.05) is 6.54 Å². The van der Waals surface area contributed by atoms with Gasteiger partial charge in [-0.2, -0.15) is 0 Å². The van der Waals surface area contributed by atoms with Crippen LogP contribution in [0.5, 0.6) is 5.75 Å². The van der Waals surface area contributed by atoms with Crippen molar-refractivity contribution in [3.8, 4) is 5.75 Å². The van der Waals surface area contributed by atoms with Gasteiger partial charge in [0, 0.05) is 6.54 Å². The van der Waals surface area contributed by atoms with E-state index in [2.05, 4.69) is 12.2 Å². The lowest BCUT2D eigenvalue weighted by atomic mass is 9.83. The third-order valence-corrected chi connectivity index (χ3v) is 3.91. The van der Waals surface area contributed by atoms with Gasteiger partial charge in [-0.1, -0.05) is 25.8 Å². The highest BCUT2D eigenvalue weighted by Gasteiger charge is 2.21. The van der Waals surface area contributed by atoms with Gasteiger partial charge in [0.2, 0.25) is 0 Å². The summed E-state index contributed by atoms with van der Waals surface area (Å²) in [6.07, 6.45) is 4.58. The van der Waals surface area contributed by atoms with Crippen LogP contribution in [-0.4, -0.2) is 17.6 Å². The highest BCUT2D eigenvalue weighted by atomic mass is 19.1. The van der Waals surface area contributed by atoms with E-state index >= 15 is 0 Å². The van der Waals surface area contributed by atoms with Crippen molar-refractivity contribution < 1.29 is 14.3 Å². The largest absolute Gasteiger partial charge is 0.507 e. The fourth-order valence-corrected chi connectivity index (χ4v) is 2.60. The topological polar surface area (TPSA) is 49.3 Å². The maximum Gasteiger partial charge on any atom is 0.258 e. The summed E-state index contributed by atoms with van der Waals surface area (Å²) in [5.74, 6) is -0.296. The first-order chi connectivity index (χ1) is 9.08. The molecule has 0 bridgehead atoms. The fourth-order valence-electron chi connectivity index (χ4n) is 2.60. The highest BCUT2D eigenvalue weighted by molar-refractivity contribution is 5.97. The van der Waals surface area contributed by atoms with Gasteiger partial charge in [-0.25, -0.2) is 4.39 Å². The Labute approximate surface area is 112 Å². The summed E-state index contributed by atoms with van der Waals surface area (Å²) in [4.78, 5) is 11.9. The Hall–Kier alpha value is -1.58. The van der Waals surface area contributed by atoms with Gasteiger partial charge < -0.3 is 10.4 Å². The molecule has 3 nitrogen and oxygen atoms in total. The average Bonchev–Trinajstić information content (AvgIpc) is 2.38. The molecule has 1 aromatic carbocycles. The molecule has 19 heavy (non-hydrogen) atoms. The number of phenols is 1. The summed E-state index contributed by atoms with van der Waals surface area (Å²) >= 11 is 0. The number of benzene rings is 1. The lowest BCUT2D eigenvalue weighted by Crippen LogP contribution is -2.31. The molecule has 4 heteroatoms. The third-order valence-electron chi connectivity index (χ3n) is 3.91. The number of carbonyl (C=O) groups excluding carboxylic acids is 1. The number of amides is 1. The van der Waals surface area contributed by atoms with Crippen molar-refractivity contribution in [2.24, 2.45) is 11.8 Å². The van der Waals surface area contributed by atoms with Crippen LogP contribution >= 0.6 is 0 Å². The second-order valence-corrected chi connectivity index (χ2v) is 5.47. The summed E-state index contributed by atoms with van der Waals surface area (Å²) < 4.78 is 13.5. The number of carbonyl (C=O) groups is 1. The summed E-state index contributed by atoms with van der Waals surface area (Å²) in [6, 6.07) is 3.88. The zero-order valence-corrected chi connectivity index (χ0v) is 11.2. The first-order valence-electron chi connectivity index (χ1n) is 6.83. The van der Waals surface area contributed by atoms with Gasteiger partial charge in [-0.05, 0) is 36.8 Å². The number of phenolic OH excluding ortho intramolecular Hbond substituents is 1. The molecule has 1 aliphatic rings. The molecule has 0 radical (unpaired) electrons. The number of aromatic hydroxyl groups is 1. The predicted molar refractivity (Wildman–Crippen MR) is 71.5 cm³/mol. The molecule has 0 spiro atoms. The number of rotatable bonds is 3. The molecule has 0 atom stereocenters. The molecule has 0 aliphatic heterocycles. The standard InChI is InChI=1S/C15H20FNO2/c1-10-5-7-11(8-6-10)9-17-15(19)14-12(16)3-2-4-13(14)18/h2-4,10-11,18H,5-9H2,1H3,(H,17,19). The van der Waals surface area contributed by atoms with Crippen molar-refractivity contribution >= 4 is 5.91 Å². The van der Waals surface area contributed by atoms with Gasteiger partial charge >= 0.3 is 0 Å². The number of halogens is 1. The Morgan fingerprint density at radius 2 is 2.05 bits per heavy atom. The Balaban J connectivity index is 1.91. The van der Waals surface area contributed by atoms with Gasteiger partial charge in [-0.15, -0.1) is 0 Å². The van der Waals surface area contributed by atoms with Crippen LogP contribution in [0.15, 0.2) is 18.2 Å². The van der Waals surface area contributed by atoms with Crippen LogP contribution in [0.25, 0.3) is 0 Å².